The van der Waals surface area contributed by atoms with E-state index < -0.39 is 0 Å². The van der Waals surface area contributed by atoms with E-state index in [4.69, 9.17) is 0 Å². The van der Waals surface area contributed by atoms with Gasteiger partial charge >= 0.3 is 0 Å². The van der Waals surface area contributed by atoms with Crippen molar-refractivity contribution in [2.24, 2.45) is 0 Å². The quantitative estimate of drug-likeness (QED) is 0.173. The van der Waals surface area contributed by atoms with Crippen LogP contribution in [0, 0.1) is 0 Å². The molecule has 0 radical (unpaired) electrons. The fourth-order valence-electron chi connectivity index (χ4n) is 8.16. The molecule has 0 fully saturated rings. The molecular formula is C45H30S. The molecule has 0 nitrogen and oxygen atoms in total. The number of allylic oxidation sites excluding steroid dienone is 1. The first kappa shape index (κ1) is 26.0. The van der Waals surface area contributed by atoms with Gasteiger partial charge in [-0.1, -0.05) is 128 Å². The molecule has 0 saturated heterocycles. The highest BCUT2D eigenvalue weighted by atomic mass is 32.1. The lowest BCUT2D eigenvalue weighted by molar-refractivity contribution is 0.597. The van der Waals surface area contributed by atoms with Crippen LogP contribution in [0.15, 0.2) is 146 Å². The third-order valence-corrected chi connectivity index (χ3v) is 11.5. The Morgan fingerprint density at radius 2 is 1.15 bits per heavy atom. The predicted molar refractivity (Wildman–Crippen MR) is 201 cm³/mol. The number of hydrogen-bond donors (Lipinski definition) is 0. The number of hydrogen-bond acceptors (Lipinski definition) is 1. The Bertz CT molecular complexity index is 2740. The highest BCUT2D eigenvalue weighted by molar-refractivity contribution is 7.26. The Balaban J connectivity index is 1.37. The lowest BCUT2D eigenvalue weighted by Gasteiger charge is -2.34. The molecule has 1 unspecified atom stereocenters. The van der Waals surface area contributed by atoms with Gasteiger partial charge in [-0.25, -0.2) is 0 Å². The SMILES string of the molecule is CC1(c2c3ccccc3c(-c3ccc4ccccc4c3)c3cc4c(cc23)sc2cc3ccccc3cc24)C=Cc2ccccc2C1. The van der Waals surface area contributed by atoms with Crippen molar-refractivity contribution in [1.29, 1.82) is 0 Å². The predicted octanol–water partition coefficient (Wildman–Crippen LogP) is 12.9. The fourth-order valence-corrected chi connectivity index (χ4v) is 9.32. The average molecular weight is 603 g/mol. The van der Waals surface area contributed by atoms with Crippen molar-refractivity contribution in [2.75, 3.05) is 0 Å². The summed E-state index contributed by atoms with van der Waals surface area (Å²) in [5.41, 5.74) is 6.61. The van der Waals surface area contributed by atoms with Crippen LogP contribution in [0.3, 0.4) is 0 Å². The van der Waals surface area contributed by atoms with Gasteiger partial charge in [-0.3, -0.25) is 0 Å². The average Bonchev–Trinajstić information content (AvgIpc) is 3.44. The van der Waals surface area contributed by atoms with Crippen LogP contribution in [0.4, 0.5) is 0 Å². The summed E-state index contributed by atoms with van der Waals surface area (Å²) in [6.07, 6.45) is 5.79. The molecular weight excluding hydrogens is 573 g/mol. The summed E-state index contributed by atoms with van der Waals surface area (Å²) in [4.78, 5) is 0. The third kappa shape index (κ3) is 3.79. The Hall–Kier alpha value is -5.24. The van der Waals surface area contributed by atoms with Crippen LogP contribution in [0.25, 0.3) is 80.5 Å². The van der Waals surface area contributed by atoms with E-state index >= 15 is 0 Å². The van der Waals surface area contributed by atoms with Crippen molar-refractivity contribution in [3.63, 3.8) is 0 Å². The first-order chi connectivity index (χ1) is 22.6. The maximum atomic E-state index is 2.52. The number of thiophene rings is 1. The van der Waals surface area contributed by atoms with Crippen LogP contribution in [0.5, 0.6) is 0 Å². The van der Waals surface area contributed by atoms with Crippen LogP contribution in [-0.4, -0.2) is 0 Å². The van der Waals surface area contributed by atoms with Gasteiger partial charge in [0, 0.05) is 25.6 Å². The molecule has 46 heavy (non-hydrogen) atoms. The van der Waals surface area contributed by atoms with Gasteiger partial charge in [-0.15, -0.1) is 11.3 Å². The maximum Gasteiger partial charge on any atom is 0.0361 e. The molecule has 10 rings (SSSR count). The molecule has 1 aliphatic rings. The molecule has 1 heterocycles. The first-order valence-electron chi connectivity index (χ1n) is 16.1. The molecule has 0 saturated carbocycles. The van der Waals surface area contributed by atoms with Gasteiger partial charge in [0.15, 0.2) is 0 Å². The maximum absolute atomic E-state index is 2.52. The van der Waals surface area contributed by atoms with Crippen molar-refractivity contribution >= 4 is 80.7 Å². The summed E-state index contributed by atoms with van der Waals surface area (Å²) in [5, 5.41) is 13.2. The smallest absolute Gasteiger partial charge is 0.0361 e. The standard InChI is InChI=1S/C45H30S/c1-45(21-20-29-11-3-7-15-34(29)27-45)44-36-17-9-8-16-35(36)43(33-19-18-28-10-2-4-12-30(28)22-33)39-25-38-37-23-31-13-5-6-14-32(31)24-41(37)46-42(38)26-40(39)44/h2-26H,27H2,1H3. The summed E-state index contributed by atoms with van der Waals surface area (Å²) in [7, 11) is 0. The van der Waals surface area contributed by atoms with Gasteiger partial charge < -0.3 is 0 Å². The normalized spacial score (nSPS) is 16.3. The van der Waals surface area contributed by atoms with Crippen LogP contribution in [0.2, 0.25) is 0 Å². The molecule has 0 bridgehead atoms. The van der Waals surface area contributed by atoms with Gasteiger partial charge in [0.2, 0.25) is 0 Å². The zero-order chi connectivity index (χ0) is 30.4. The van der Waals surface area contributed by atoms with E-state index in [9.17, 15) is 0 Å². The Morgan fingerprint density at radius 3 is 2.00 bits per heavy atom. The fraction of sp³-hybridized carbons (Fsp3) is 0.0667. The topological polar surface area (TPSA) is 0 Å². The van der Waals surface area contributed by atoms with E-state index in [2.05, 4.69) is 159 Å². The van der Waals surface area contributed by atoms with Gasteiger partial charge in [-0.05, 0) is 108 Å². The van der Waals surface area contributed by atoms with E-state index in [0.29, 0.717) is 0 Å². The zero-order valence-corrected chi connectivity index (χ0v) is 26.4. The molecule has 1 atom stereocenters. The summed E-state index contributed by atoms with van der Waals surface area (Å²) in [6.45, 7) is 2.44. The van der Waals surface area contributed by atoms with Crippen molar-refractivity contribution < 1.29 is 0 Å². The number of benzene rings is 8. The number of fused-ring (bicyclic) bond motifs is 8. The molecule has 0 spiro atoms. The Morgan fingerprint density at radius 1 is 0.500 bits per heavy atom. The van der Waals surface area contributed by atoms with Crippen molar-refractivity contribution in [2.45, 2.75) is 18.8 Å². The molecule has 1 aliphatic carbocycles. The second-order valence-electron chi connectivity index (χ2n) is 13.2. The van der Waals surface area contributed by atoms with Crippen molar-refractivity contribution in [3.8, 4) is 11.1 Å². The summed E-state index contributed by atoms with van der Waals surface area (Å²) < 4.78 is 2.70. The molecule has 8 aromatic carbocycles. The second kappa shape index (κ2) is 9.63. The molecule has 0 N–H and O–H groups in total. The molecule has 0 aliphatic heterocycles. The van der Waals surface area contributed by atoms with E-state index in [1.807, 2.05) is 11.3 Å². The highest BCUT2D eigenvalue weighted by Crippen LogP contribution is 2.49. The summed E-state index contributed by atoms with van der Waals surface area (Å²) in [5.74, 6) is 0. The molecule has 216 valence electrons. The Kier molecular flexibility index (Phi) is 5.45. The van der Waals surface area contributed by atoms with Gasteiger partial charge in [0.1, 0.15) is 0 Å². The molecule has 1 aromatic heterocycles. The van der Waals surface area contributed by atoms with E-state index in [1.54, 1.807) is 0 Å². The van der Waals surface area contributed by atoms with Crippen LogP contribution in [-0.2, 0) is 11.8 Å². The van der Waals surface area contributed by atoms with E-state index in [-0.39, 0.29) is 5.41 Å². The van der Waals surface area contributed by atoms with Crippen LogP contribution in [0.1, 0.15) is 23.6 Å². The molecule has 0 amide bonds. The lowest BCUT2D eigenvalue weighted by Crippen LogP contribution is -2.26. The van der Waals surface area contributed by atoms with Crippen LogP contribution < -0.4 is 0 Å². The Labute approximate surface area is 271 Å². The van der Waals surface area contributed by atoms with Crippen molar-refractivity contribution in [1.82, 2.24) is 0 Å². The third-order valence-electron chi connectivity index (χ3n) is 10.3. The minimum absolute atomic E-state index is 0.160. The summed E-state index contributed by atoms with van der Waals surface area (Å²) >= 11 is 1.93. The second-order valence-corrected chi connectivity index (χ2v) is 14.3. The summed E-state index contributed by atoms with van der Waals surface area (Å²) in [6, 6.07) is 52.3. The molecule has 9 aromatic rings. The lowest BCUT2D eigenvalue weighted by atomic mass is 9.69. The van der Waals surface area contributed by atoms with Crippen LogP contribution >= 0.6 is 11.3 Å². The van der Waals surface area contributed by atoms with E-state index in [0.717, 1.165) is 6.42 Å². The highest BCUT2D eigenvalue weighted by Gasteiger charge is 2.32. The number of rotatable bonds is 2. The minimum Gasteiger partial charge on any atom is -0.135 e. The largest absolute Gasteiger partial charge is 0.135 e. The molecule has 1 heteroatoms. The van der Waals surface area contributed by atoms with Crippen molar-refractivity contribution in [3.05, 3.63) is 162 Å². The zero-order valence-electron chi connectivity index (χ0n) is 25.5. The monoisotopic (exact) mass is 602 g/mol. The van der Waals surface area contributed by atoms with Gasteiger partial charge in [0.05, 0.1) is 0 Å². The first-order valence-corrected chi connectivity index (χ1v) is 16.9. The van der Waals surface area contributed by atoms with Gasteiger partial charge in [0.25, 0.3) is 0 Å². The minimum atomic E-state index is -0.160. The van der Waals surface area contributed by atoms with Gasteiger partial charge in [-0.2, -0.15) is 0 Å². The van der Waals surface area contributed by atoms with E-state index in [1.165, 1.54) is 91.1 Å².